The molecule has 0 aromatic carbocycles. The van der Waals surface area contributed by atoms with E-state index in [0.29, 0.717) is 0 Å². The molecule has 0 saturated carbocycles. The van der Waals surface area contributed by atoms with Gasteiger partial charge < -0.3 is 10.4 Å². The normalized spacial score (nSPS) is 14.2. The summed E-state index contributed by atoms with van der Waals surface area (Å²) in [5, 5.41) is 10.6. The third kappa shape index (κ3) is 7.54. The van der Waals surface area contributed by atoms with Crippen LogP contribution in [0.2, 0.25) is 0 Å². The Morgan fingerprint density at radius 1 is 1.62 bits per heavy atom. The first-order chi connectivity index (χ1) is 5.83. The first kappa shape index (κ1) is 12.2. The minimum Gasteiger partial charge on any atom is -0.480 e. The number of alkyl halides is 3. The summed E-state index contributed by atoms with van der Waals surface area (Å²) in [5.41, 5.74) is 0. The number of hydrogen-bond acceptors (Lipinski definition) is 3. The molecule has 2 N–H and O–H groups in total. The zero-order chi connectivity index (χ0) is 10.5. The molecule has 0 fully saturated rings. The number of nitrogens with one attached hydrogen (secondary N) is 1. The van der Waals surface area contributed by atoms with E-state index in [0.717, 1.165) is 0 Å². The maximum absolute atomic E-state index is 11.4. The summed E-state index contributed by atoms with van der Waals surface area (Å²) in [7, 11) is 0. The molecular formula is C6H10F3NO3. The van der Waals surface area contributed by atoms with Gasteiger partial charge in [0.25, 0.3) is 0 Å². The van der Waals surface area contributed by atoms with E-state index in [4.69, 9.17) is 5.11 Å². The molecule has 1 atom stereocenters. The van der Waals surface area contributed by atoms with Gasteiger partial charge in [0.1, 0.15) is 6.04 Å². The van der Waals surface area contributed by atoms with Crippen LogP contribution >= 0.6 is 0 Å². The van der Waals surface area contributed by atoms with Crippen LogP contribution in [-0.2, 0) is 9.53 Å². The second kappa shape index (κ2) is 5.03. The molecule has 0 bridgehead atoms. The summed E-state index contributed by atoms with van der Waals surface area (Å²) in [4.78, 5) is 10.2. The molecule has 78 valence electrons. The van der Waals surface area contributed by atoms with Crippen molar-refractivity contribution in [2.24, 2.45) is 0 Å². The largest absolute Gasteiger partial charge is 0.522 e. The number of ether oxygens (including phenoxy) is 1. The van der Waals surface area contributed by atoms with Crippen LogP contribution in [0.4, 0.5) is 13.2 Å². The minimum atomic E-state index is -4.66. The van der Waals surface area contributed by atoms with Gasteiger partial charge in [-0.1, -0.05) is 0 Å². The number of aliphatic carboxylic acids is 1. The monoisotopic (exact) mass is 201 g/mol. The summed E-state index contributed by atoms with van der Waals surface area (Å²) >= 11 is 0. The van der Waals surface area contributed by atoms with E-state index in [2.05, 4.69) is 10.1 Å². The maximum atomic E-state index is 11.4. The Labute approximate surface area is 72.7 Å². The second-order valence-corrected chi connectivity index (χ2v) is 2.31. The van der Waals surface area contributed by atoms with E-state index in [1.807, 2.05) is 0 Å². The molecule has 0 saturated heterocycles. The quantitative estimate of drug-likeness (QED) is 0.639. The van der Waals surface area contributed by atoms with E-state index in [1.54, 1.807) is 0 Å². The van der Waals surface area contributed by atoms with E-state index in [1.165, 1.54) is 6.92 Å². The van der Waals surface area contributed by atoms with Crippen molar-refractivity contribution in [3.8, 4) is 0 Å². The maximum Gasteiger partial charge on any atom is 0.522 e. The van der Waals surface area contributed by atoms with Crippen molar-refractivity contribution < 1.29 is 27.8 Å². The fourth-order valence-electron chi connectivity index (χ4n) is 0.530. The predicted molar refractivity (Wildman–Crippen MR) is 37.1 cm³/mol. The van der Waals surface area contributed by atoms with Gasteiger partial charge in [-0.2, -0.15) is 0 Å². The van der Waals surface area contributed by atoms with Gasteiger partial charge in [-0.25, -0.2) is 0 Å². The molecule has 0 aromatic rings. The van der Waals surface area contributed by atoms with Gasteiger partial charge in [0.05, 0.1) is 6.61 Å². The third-order valence-corrected chi connectivity index (χ3v) is 1.19. The highest BCUT2D eigenvalue weighted by Gasteiger charge is 2.28. The van der Waals surface area contributed by atoms with Gasteiger partial charge in [-0.15, -0.1) is 13.2 Å². The lowest BCUT2D eigenvalue weighted by molar-refractivity contribution is -0.323. The van der Waals surface area contributed by atoms with Crippen molar-refractivity contribution in [3.05, 3.63) is 0 Å². The minimum absolute atomic E-state index is 0.160. The smallest absolute Gasteiger partial charge is 0.480 e. The summed E-state index contributed by atoms with van der Waals surface area (Å²) in [5.74, 6) is -1.12. The van der Waals surface area contributed by atoms with Crippen LogP contribution in [0.3, 0.4) is 0 Å². The van der Waals surface area contributed by atoms with Crippen LogP contribution < -0.4 is 5.32 Å². The predicted octanol–water partition coefficient (Wildman–Crippen LogP) is 0.586. The average molecular weight is 201 g/mol. The summed E-state index contributed by atoms with van der Waals surface area (Å²) in [6.45, 7) is 0.573. The lowest BCUT2D eigenvalue weighted by Crippen LogP contribution is -2.36. The SMILES string of the molecule is C[C@H](NCCOC(F)(F)F)C(=O)O. The molecule has 0 aromatic heterocycles. The van der Waals surface area contributed by atoms with E-state index < -0.39 is 25.0 Å². The summed E-state index contributed by atoms with van der Waals surface area (Å²) in [6.07, 6.45) is -4.66. The molecule has 0 aliphatic heterocycles. The molecule has 0 aliphatic carbocycles. The van der Waals surface area contributed by atoms with Gasteiger partial charge in [0.2, 0.25) is 0 Å². The topological polar surface area (TPSA) is 58.6 Å². The molecule has 0 amide bonds. The molecule has 0 spiro atoms. The Kier molecular flexibility index (Phi) is 4.71. The molecule has 0 radical (unpaired) electrons. The fraction of sp³-hybridized carbons (Fsp3) is 0.833. The highest BCUT2D eigenvalue weighted by atomic mass is 19.4. The molecule has 0 heterocycles. The Balaban J connectivity index is 3.41. The Morgan fingerprint density at radius 2 is 2.15 bits per heavy atom. The summed E-state index contributed by atoms with van der Waals surface area (Å²) in [6, 6.07) is -0.878. The zero-order valence-corrected chi connectivity index (χ0v) is 6.89. The lowest BCUT2D eigenvalue weighted by Gasteiger charge is -2.10. The van der Waals surface area contributed by atoms with Crippen LogP contribution in [0.15, 0.2) is 0 Å². The molecule has 4 nitrogen and oxygen atoms in total. The Hall–Kier alpha value is -0.820. The zero-order valence-electron chi connectivity index (χ0n) is 6.89. The lowest BCUT2D eigenvalue weighted by atomic mass is 10.3. The van der Waals surface area contributed by atoms with Crippen molar-refractivity contribution in [3.63, 3.8) is 0 Å². The molecule has 0 unspecified atom stereocenters. The first-order valence-electron chi connectivity index (χ1n) is 3.50. The molecular weight excluding hydrogens is 191 g/mol. The van der Waals surface area contributed by atoms with Crippen LogP contribution in [0.1, 0.15) is 6.92 Å². The van der Waals surface area contributed by atoms with Crippen LogP contribution in [0, 0.1) is 0 Å². The number of carbonyl (C=O) groups is 1. The standard InChI is InChI=1S/C6H10F3NO3/c1-4(5(11)12)10-2-3-13-6(7,8)9/h4,10H,2-3H2,1H3,(H,11,12)/t4-/m0/s1. The second-order valence-electron chi connectivity index (χ2n) is 2.31. The fourth-order valence-corrected chi connectivity index (χ4v) is 0.530. The molecule has 0 rings (SSSR count). The van der Waals surface area contributed by atoms with E-state index in [9.17, 15) is 18.0 Å². The van der Waals surface area contributed by atoms with Crippen molar-refractivity contribution in [2.75, 3.05) is 13.2 Å². The number of hydrogen-bond donors (Lipinski definition) is 2. The van der Waals surface area contributed by atoms with Crippen LogP contribution in [0.5, 0.6) is 0 Å². The Bertz CT molecular complexity index is 171. The molecule has 0 aliphatic rings. The third-order valence-electron chi connectivity index (χ3n) is 1.19. The Morgan fingerprint density at radius 3 is 2.54 bits per heavy atom. The van der Waals surface area contributed by atoms with Gasteiger partial charge in [-0.05, 0) is 6.92 Å². The van der Waals surface area contributed by atoms with Crippen LogP contribution in [-0.4, -0.2) is 36.6 Å². The van der Waals surface area contributed by atoms with E-state index >= 15 is 0 Å². The van der Waals surface area contributed by atoms with Gasteiger partial charge in [0, 0.05) is 6.54 Å². The molecule has 7 heteroatoms. The molecule has 13 heavy (non-hydrogen) atoms. The van der Waals surface area contributed by atoms with Crippen molar-refractivity contribution >= 4 is 5.97 Å². The van der Waals surface area contributed by atoms with Gasteiger partial charge in [-0.3, -0.25) is 9.53 Å². The summed E-state index contributed by atoms with van der Waals surface area (Å²) < 4.78 is 37.5. The highest BCUT2D eigenvalue weighted by Crippen LogP contribution is 2.15. The van der Waals surface area contributed by atoms with Gasteiger partial charge >= 0.3 is 12.3 Å². The highest BCUT2D eigenvalue weighted by molar-refractivity contribution is 5.72. The first-order valence-corrected chi connectivity index (χ1v) is 3.50. The van der Waals surface area contributed by atoms with Crippen molar-refractivity contribution in [1.82, 2.24) is 5.32 Å². The number of carboxylic acid groups (broad SMARTS) is 1. The number of carboxylic acids is 1. The number of halogens is 3. The van der Waals surface area contributed by atoms with Gasteiger partial charge in [0.15, 0.2) is 0 Å². The average Bonchev–Trinajstić information content (AvgIpc) is 1.95. The van der Waals surface area contributed by atoms with Crippen molar-refractivity contribution in [2.45, 2.75) is 19.3 Å². The van der Waals surface area contributed by atoms with Crippen molar-refractivity contribution in [1.29, 1.82) is 0 Å². The van der Waals surface area contributed by atoms with E-state index in [-0.39, 0.29) is 6.54 Å². The van der Waals surface area contributed by atoms with Crippen LogP contribution in [0.25, 0.3) is 0 Å². The number of rotatable bonds is 5.